The van der Waals surface area contributed by atoms with Crippen LogP contribution in [0.25, 0.3) is 0 Å². The molecule has 0 bridgehead atoms. The minimum absolute atomic E-state index is 0.156. The van der Waals surface area contributed by atoms with Crippen molar-refractivity contribution >= 4 is 0 Å². The van der Waals surface area contributed by atoms with E-state index in [2.05, 4.69) is 34.6 Å². The molecule has 1 fully saturated rings. The number of rotatable bonds is 5. The maximum Gasteiger partial charge on any atom is 0.0658 e. The lowest BCUT2D eigenvalue weighted by atomic mass is 9.78. The predicted molar refractivity (Wildman–Crippen MR) is 70.7 cm³/mol. The maximum atomic E-state index is 6.43. The topological polar surface area (TPSA) is 9.23 Å². The molecular weight excluding hydrogens is 196 g/mol. The molecule has 0 aliphatic heterocycles. The Bertz CT molecular complexity index is 199. The molecule has 1 aliphatic carbocycles. The molecule has 0 aromatic rings. The van der Waals surface area contributed by atoms with Gasteiger partial charge in [0.1, 0.15) is 0 Å². The van der Waals surface area contributed by atoms with Gasteiger partial charge in [0.05, 0.1) is 11.7 Å². The summed E-state index contributed by atoms with van der Waals surface area (Å²) in [6.07, 6.45) is 9.39. The van der Waals surface area contributed by atoms with Gasteiger partial charge in [-0.15, -0.1) is 0 Å². The smallest absolute Gasteiger partial charge is 0.0658 e. The Morgan fingerprint density at radius 3 is 2.06 bits per heavy atom. The summed E-state index contributed by atoms with van der Waals surface area (Å²) in [6.45, 7) is 11.5. The lowest BCUT2D eigenvalue weighted by molar-refractivity contribution is -0.139. The summed E-state index contributed by atoms with van der Waals surface area (Å²) in [4.78, 5) is 0. The van der Waals surface area contributed by atoms with E-state index in [1.165, 1.54) is 44.9 Å². The van der Waals surface area contributed by atoms with Crippen molar-refractivity contribution in [1.29, 1.82) is 0 Å². The Hall–Kier alpha value is -0.0400. The van der Waals surface area contributed by atoms with Crippen molar-refractivity contribution < 1.29 is 4.74 Å². The Kier molecular flexibility index (Phi) is 4.85. The zero-order valence-electron chi connectivity index (χ0n) is 11.9. The van der Waals surface area contributed by atoms with Crippen molar-refractivity contribution in [2.24, 2.45) is 5.41 Å². The fraction of sp³-hybridized carbons (Fsp3) is 1.00. The zero-order chi connectivity index (χ0) is 12.2. The van der Waals surface area contributed by atoms with Crippen LogP contribution in [0.3, 0.4) is 0 Å². The quantitative estimate of drug-likeness (QED) is 0.645. The van der Waals surface area contributed by atoms with Crippen LogP contribution in [0.15, 0.2) is 0 Å². The summed E-state index contributed by atoms with van der Waals surface area (Å²) < 4.78 is 6.43. The van der Waals surface area contributed by atoms with E-state index in [1.54, 1.807) is 0 Å². The fourth-order valence-corrected chi connectivity index (χ4v) is 2.81. The molecular formula is C15H30O. The van der Waals surface area contributed by atoms with Gasteiger partial charge in [-0.2, -0.15) is 0 Å². The zero-order valence-corrected chi connectivity index (χ0v) is 11.9. The summed E-state index contributed by atoms with van der Waals surface area (Å²) in [5, 5.41) is 0. The van der Waals surface area contributed by atoms with E-state index >= 15 is 0 Å². The van der Waals surface area contributed by atoms with Gasteiger partial charge in [-0.3, -0.25) is 0 Å². The molecule has 0 saturated heterocycles. The van der Waals surface area contributed by atoms with Crippen molar-refractivity contribution in [3.05, 3.63) is 0 Å². The molecule has 0 aromatic carbocycles. The van der Waals surface area contributed by atoms with Crippen LogP contribution >= 0.6 is 0 Å². The lowest BCUT2D eigenvalue weighted by Gasteiger charge is -2.42. The summed E-state index contributed by atoms with van der Waals surface area (Å²) in [5.41, 5.74) is 0.504. The Balaban J connectivity index is 2.58. The van der Waals surface area contributed by atoms with Crippen molar-refractivity contribution in [2.45, 2.75) is 91.3 Å². The van der Waals surface area contributed by atoms with E-state index in [0.29, 0.717) is 11.5 Å². The molecule has 0 radical (unpaired) electrons. The van der Waals surface area contributed by atoms with E-state index < -0.39 is 0 Å². The van der Waals surface area contributed by atoms with Gasteiger partial charge in [-0.05, 0) is 44.9 Å². The monoisotopic (exact) mass is 226 g/mol. The molecule has 0 spiro atoms. The van der Waals surface area contributed by atoms with Crippen molar-refractivity contribution in [3.63, 3.8) is 0 Å². The summed E-state index contributed by atoms with van der Waals surface area (Å²) in [5.74, 6) is 0. The molecule has 0 aromatic heterocycles. The van der Waals surface area contributed by atoms with Crippen molar-refractivity contribution in [1.82, 2.24) is 0 Å². The lowest BCUT2D eigenvalue weighted by Crippen LogP contribution is -2.41. The second-order valence-corrected chi connectivity index (χ2v) is 6.13. The SMILES string of the molecule is CCC(C)(CC)C(C)OC1(C)CCCCC1. The molecule has 0 N–H and O–H groups in total. The molecule has 1 saturated carbocycles. The molecule has 96 valence electrons. The number of hydrogen-bond acceptors (Lipinski definition) is 1. The molecule has 1 heteroatoms. The van der Waals surface area contributed by atoms with Crippen molar-refractivity contribution in [3.8, 4) is 0 Å². The third kappa shape index (κ3) is 3.23. The third-order valence-electron chi connectivity index (χ3n) is 4.97. The van der Waals surface area contributed by atoms with E-state index in [4.69, 9.17) is 4.74 Å². The predicted octanol–water partition coefficient (Wildman–Crippen LogP) is 4.94. The average molecular weight is 226 g/mol. The first kappa shape index (κ1) is 14.0. The first-order valence-corrected chi connectivity index (χ1v) is 7.13. The van der Waals surface area contributed by atoms with Crippen LogP contribution in [0.2, 0.25) is 0 Å². The average Bonchev–Trinajstić information content (AvgIpc) is 2.28. The molecule has 1 unspecified atom stereocenters. The van der Waals surface area contributed by atoms with Crippen molar-refractivity contribution in [2.75, 3.05) is 0 Å². The standard InChI is InChI=1S/C15H30O/c1-6-14(4,7-2)13(3)16-15(5)11-9-8-10-12-15/h13H,6-12H2,1-5H3. The Labute approximate surface area is 102 Å². The molecule has 1 aliphatic rings. The molecule has 0 amide bonds. The first-order chi connectivity index (χ1) is 7.46. The van der Waals surface area contributed by atoms with E-state index in [9.17, 15) is 0 Å². The number of hydrogen-bond donors (Lipinski definition) is 0. The first-order valence-electron chi connectivity index (χ1n) is 7.13. The van der Waals surface area contributed by atoms with Gasteiger partial charge in [0, 0.05) is 0 Å². The van der Waals surface area contributed by atoms with E-state index in [-0.39, 0.29) is 5.60 Å². The van der Waals surface area contributed by atoms with Gasteiger partial charge in [0.2, 0.25) is 0 Å². The molecule has 1 rings (SSSR count). The fourth-order valence-electron chi connectivity index (χ4n) is 2.81. The van der Waals surface area contributed by atoms with E-state index in [0.717, 1.165) is 0 Å². The second kappa shape index (κ2) is 5.53. The molecule has 1 nitrogen and oxygen atoms in total. The Morgan fingerprint density at radius 1 is 1.12 bits per heavy atom. The van der Waals surface area contributed by atoms with Crippen LogP contribution in [0.5, 0.6) is 0 Å². The summed E-state index contributed by atoms with van der Waals surface area (Å²) in [6, 6.07) is 0. The maximum absolute atomic E-state index is 6.43. The molecule has 0 heterocycles. The largest absolute Gasteiger partial charge is 0.372 e. The Morgan fingerprint density at radius 2 is 1.62 bits per heavy atom. The molecule has 16 heavy (non-hydrogen) atoms. The minimum atomic E-state index is 0.156. The van der Waals surface area contributed by atoms with Gasteiger partial charge < -0.3 is 4.74 Å². The highest BCUT2D eigenvalue weighted by Crippen LogP contribution is 2.38. The van der Waals surface area contributed by atoms with Crippen LogP contribution < -0.4 is 0 Å². The highest BCUT2D eigenvalue weighted by molar-refractivity contribution is 4.85. The second-order valence-electron chi connectivity index (χ2n) is 6.13. The van der Waals surface area contributed by atoms with Gasteiger partial charge in [-0.1, -0.05) is 40.0 Å². The number of ether oxygens (including phenoxy) is 1. The van der Waals surface area contributed by atoms with Gasteiger partial charge in [0.15, 0.2) is 0 Å². The van der Waals surface area contributed by atoms with Crippen LogP contribution in [0.1, 0.15) is 79.6 Å². The molecule has 1 atom stereocenters. The van der Waals surface area contributed by atoms with Gasteiger partial charge >= 0.3 is 0 Å². The van der Waals surface area contributed by atoms with Crippen LogP contribution in [-0.2, 0) is 4.74 Å². The van der Waals surface area contributed by atoms with Gasteiger partial charge in [0.25, 0.3) is 0 Å². The van der Waals surface area contributed by atoms with Crippen LogP contribution in [0, 0.1) is 5.41 Å². The summed E-state index contributed by atoms with van der Waals surface area (Å²) >= 11 is 0. The third-order valence-corrected chi connectivity index (χ3v) is 4.97. The highest BCUT2D eigenvalue weighted by atomic mass is 16.5. The van der Waals surface area contributed by atoms with Crippen LogP contribution in [-0.4, -0.2) is 11.7 Å². The van der Waals surface area contributed by atoms with Gasteiger partial charge in [-0.25, -0.2) is 0 Å². The summed E-state index contributed by atoms with van der Waals surface area (Å²) in [7, 11) is 0. The normalized spacial score (nSPS) is 23.1. The van der Waals surface area contributed by atoms with E-state index in [1.807, 2.05) is 0 Å². The van der Waals surface area contributed by atoms with Crippen LogP contribution in [0.4, 0.5) is 0 Å². The minimum Gasteiger partial charge on any atom is -0.372 e. The highest BCUT2D eigenvalue weighted by Gasteiger charge is 2.35.